The second-order valence-corrected chi connectivity index (χ2v) is 3.51. The SMILES string of the molecule is Nc1ccc(-c2cc(O)cc(O)c2)c(O)c1. The fourth-order valence-corrected chi connectivity index (χ4v) is 1.54. The highest BCUT2D eigenvalue weighted by Gasteiger charge is 2.07. The maximum atomic E-state index is 9.68. The molecular formula is C12H11NO3. The van der Waals surface area contributed by atoms with Crippen LogP contribution in [0.2, 0.25) is 0 Å². The van der Waals surface area contributed by atoms with Gasteiger partial charge in [0.1, 0.15) is 17.2 Å². The molecule has 0 saturated carbocycles. The molecule has 0 spiro atoms. The molecule has 0 atom stereocenters. The van der Waals surface area contributed by atoms with Crippen molar-refractivity contribution in [1.82, 2.24) is 0 Å². The summed E-state index contributed by atoms with van der Waals surface area (Å²) in [5, 5.41) is 28.4. The van der Waals surface area contributed by atoms with Crippen molar-refractivity contribution in [2.75, 3.05) is 5.73 Å². The maximum absolute atomic E-state index is 9.68. The van der Waals surface area contributed by atoms with E-state index in [4.69, 9.17) is 5.73 Å². The third-order valence-electron chi connectivity index (χ3n) is 2.24. The molecule has 0 heterocycles. The lowest BCUT2D eigenvalue weighted by atomic mass is 10.0. The molecule has 82 valence electrons. The first-order chi connectivity index (χ1) is 7.56. The summed E-state index contributed by atoms with van der Waals surface area (Å²) < 4.78 is 0. The molecule has 0 fully saturated rings. The number of rotatable bonds is 1. The van der Waals surface area contributed by atoms with Gasteiger partial charge < -0.3 is 21.1 Å². The van der Waals surface area contributed by atoms with E-state index in [-0.39, 0.29) is 17.2 Å². The lowest BCUT2D eigenvalue weighted by molar-refractivity contribution is 0.451. The van der Waals surface area contributed by atoms with E-state index in [9.17, 15) is 15.3 Å². The molecule has 4 nitrogen and oxygen atoms in total. The monoisotopic (exact) mass is 217 g/mol. The summed E-state index contributed by atoms with van der Waals surface area (Å²) in [6, 6.07) is 8.79. The van der Waals surface area contributed by atoms with Crippen molar-refractivity contribution in [1.29, 1.82) is 0 Å². The van der Waals surface area contributed by atoms with Gasteiger partial charge in [-0.3, -0.25) is 0 Å². The van der Waals surface area contributed by atoms with Gasteiger partial charge in [-0.05, 0) is 29.8 Å². The maximum Gasteiger partial charge on any atom is 0.125 e. The van der Waals surface area contributed by atoms with Gasteiger partial charge in [0.05, 0.1) is 0 Å². The molecule has 0 radical (unpaired) electrons. The molecule has 16 heavy (non-hydrogen) atoms. The molecule has 2 aromatic rings. The van der Waals surface area contributed by atoms with E-state index in [1.165, 1.54) is 24.3 Å². The Bertz CT molecular complexity index is 518. The molecule has 0 aliphatic carbocycles. The highest BCUT2D eigenvalue weighted by atomic mass is 16.3. The molecule has 2 rings (SSSR count). The number of nitrogen functional groups attached to an aromatic ring is 1. The van der Waals surface area contributed by atoms with E-state index in [1.54, 1.807) is 12.1 Å². The molecule has 2 aromatic carbocycles. The Hall–Kier alpha value is -2.36. The van der Waals surface area contributed by atoms with E-state index in [2.05, 4.69) is 0 Å². The number of anilines is 1. The zero-order chi connectivity index (χ0) is 11.7. The summed E-state index contributed by atoms with van der Waals surface area (Å²) in [4.78, 5) is 0. The molecule has 0 aliphatic rings. The summed E-state index contributed by atoms with van der Waals surface area (Å²) in [6.07, 6.45) is 0. The molecule has 0 unspecified atom stereocenters. The Kier molecular flexibility index (Phi) is 2.32. The van der Waals surface area contributed by atoms with E-state index < -0.39 is 0 Å². The van der Waals surface area contributed by atoms with Gasteiger partial charge in [-0.2, -0.15) is 0 Å². The van der Waals surface area contributed by atoms with Crippen molar-refractivity contribution in [3.8, 4) is 28.4 Å². The number of phenols is 3. The Balaban J connectivity index is 2.58. The molecular weight excluding hydrogens is 206 g/mol. The van der Waals surface area contributed by atoms with Crippen molar-refractivity contribution in [3.05, 3.63) is 36.4 Å². The van der Waals surface area contributed by atoms with Crippen LogP contribution in [0.4, 0.5) is 5.69 Å². The lowest BCUT2D eigenvalue weighted by Gasteiger charge is -2.06. The first kappa shape index (κ1) is 10.2. The minimum atomic E-state index is -0.0637. The average Bonchev–Trinajstić information content (AvgIpc) is 2.15. The van der Waals surface area contributed by atoms with Gasteiger partial charge in [-0.25, -0.2) is 0 Å². The Morgan fingerprint density at radius 2 is 1.44 bits per heavy atom. The van der Waals surface area contributed by atoms with Crippen molar-refractivity contribution >= 4 is 5.69 Å². The van der Waals surface area contributed by atoms with Gasteiger partial charge in [-0.15, -0.1) is 0 Å². The molecule has 0 aromatic heterocycles. The van der Waals surface area contributed by atoms with Crippen LogP contribution in [0.25, 0.3) is 11.1 Å². The summed E-state index contributed by atoms with van der Waals surface area (Å²) in [5.41, 5.74) is 6.98. The molecule has 5 N–H and O–H groups in total. The van der Waals surface area contributed by atoms with Crippen LogP contribution in [0.5, 0.6) is 17.2 Å². The van der Waals surface area contributed by atoms with Crippen LogP contribution in [-0.2, 0) is 0 Å². The van der Waals surface area contributed by atoms with E-state index in [1.807, 2.05) is 0 Å². The van der Waals surface area contributed by atoms with Crippen molar-refractivity contribution in [2.24, 2.45) is 0 Å². The Morgan fingerprint density at radius 1 is 0.812 bits per heavy atom. The molecule has 4 heteroatoms. The first-order valence-electron chi connectivity index (χ1n) is 4.68. The Labute approximate surface area is 92.2 Å². The number of phenolic OH excluding ortho intramolecular Hbond substituents is 3. The molecule has 0 amide bonds. The molecule has 0 saturated heterocycles. The predicted octanol–water partition coefficient (Wildman–Crippen LogP) is 2.05. The number of hydrogen-bond donors (Lipinski definition) is 4. The third-order valence-corrected chi connectivity index (χ3v) is 2.24. The summed E-state index contributed by atoms with van der Waals surface area (Å²) in [7, 11) is 0. The topological polar surface area (TPSA) is 86.7 Å². The van der Waals surface area contributed by atoms with Gasteiger partial charge in [0, 0.05) is 23.4 Å². The number of nitrogens with two attached hydrogens (primary N) is 1. The van der Waals surface area contributed by atoms with Crippen LogP contribution in [0.3, 0.4) is 0 Å². The van der Waals surface area contributed by atoms with E-state index in [0.29, 0.717) is 16.8 Å². The van der Waals surface area contributed by atoms with Crippen molar-refractivity contribution < 1.29 is 15.3 Å². The van der Waals surface area contributed by atoms with Crippen LogP contribution in [0.15, 0.2) is 36.4 Å². The minimum Gasteiger partial charge on any atom is -0.508 e. The molecule has 0 bridgehead atoms. The van der Waals surface area contributed by atoms with Gasteiger partial charge in [0.25, 0.3) is 0 Å². The first-order valence-corrected chi connectivity index (χ1v) is 4.68. The standard InChI is InChI=1S/C12H11NO3/c13-8-1-2-11(12(16)5-8)7-3-9(14)6-10(15)4-7/h1-6,14-16H,13H2. The largest absolute Gasteiger partial charge is 0.508 e. The predicted molar refractivity (Wildman–Crippen MR) is 61.3 cm³/mol. The van der Waals surface area contributed by atoms with Crippen LogP contribution in [0.1, 0.15) is 0 Å². The van der Waals surface area contributed by atoms with Gasteiger partial charge in [-0.1, -0.05) is 0 Å². The number of benzene rings is 2. The Morgan fingerprint density at radius 3 is 2.00 bits per heavy atom. The number of hydrogen-bond acceptors (Lipinski definition) is 4. The van der Waals surface area contributed by atoms with E-state index >= 15 is 0 Å². The minimum absolute atomic E-state index is 0.00463. The van der Waals surface area contributed by atoms with Gasteiger partial charge in [0.15, 0.2) is 0 Å². The summed E-state index contributed by atoms with van der Waals surface area (Å²) in [5.74, 6) is -0.123. The van der Waals surface area contributed by atoms with Gasteiger partial charge in [0.2, 0.25) is 0 Å². The quantitative estimate of drug-likeness (QED) is 0.550. The highest BCUT2D eigenvalue weighted by molar-refractivity contribution is 5.74. The van der Waals surface area contributed by atoms with Crippen LogP contribution < -0.4 is 5.73 Å². The summed E-state index contributed by atoms with van der Waals surface area (Å²) in [6.45, 7) is 0. The average molecular weight is 217 g/mol. The van der Waals surface area contributed by atoms with Gasteiger partial charge >= 0.3 is 0 Å². The summed E-state index contributed by atoms with van der Waals surface area (Å²) >= 11 is 0. The van der Waals surface area contributed by atoms with Crippen LogP contribution in [-0.4, -0.2) is 15.3 Å². The number of aromatic hydroxyl groups is 3. The second-order valence-electron chi connectivity index (χ2n) is 3.51. The van der Waals surface area contributed by atoms with Crippen molar-refractivity contribution in [3.63, 3.8) is 0 Å². The smallest absolute Gasteiger partial charge is 0.125 e. The van der Waals surface area contributed by atoms with E-state index in [0.717, 1.165) is 0 Å². The lowest BCUT2D eigenvalue weighted by Crippen LogP contribution is -1.85. The van der Waals surface area contributed by atoms with Crippen LogP contribution in [0, 0.1) is 0 Å². The zero-order valence-corrected chi connectivity index (χ0v) is 8.38. The molecule has 0 aliphatic heterocycles. The zero-order valence-electron chi connectivity index (χ0n) is 8.38. The second kappa shape index (κ2) is 3.66. The third kappa shape index (κ3) is 1.86. The fraction of sp³-hybridized carbons (Fsp3) is 0. The highest BCUT2D eigenvalue weighted by Crippen LogP contribution is 2.34. The van der Waals surface area contributed by atoms with Crippen LogP contribution >= 0.6 is 0 Å². The fourth-order valence-electron chi connectivity index (χ4n) is 1.54. The van der Waals surface area contributed by atoms with Crippen molar-refractivity contribution in [2.45, 2.75) is 0 Å². The normalized spacial score (nSPS) is 10.2.